The number of aromatic nitrogens is 1. The largest absolute Gasteiger partial charge is 0.361 e. The first-order valence-corrected chi connectivity index (χ1v) is 8.42. The van der Waals surface area contributed by atoms with Crippen LogP contribution in [0.25, 0.3) is 10.9 Å². The fourth-order valence-corrected chi connectivity index (χ4v) is 2.90. The molecule has 5 heteroatoms. The first-order chi connectivity index (χ1) is 12.2. The average molecular weight is 338 g/mol. The number of hydrogen-bond acceptors (Lipinski definition) is 1. The number of H-pyrrole nitrogens is 1. The summed E-state index contributed by atoms with van der Waals surface area (Å²) < 4.78 is 12.9. The molecule has 3 rings (SSSR count). The summed E-state index contributed by atoms with van der Waals surface area (Å²) in [4.78, 5) is 7.58. The molecule has 0 aliphatic rings. The minimum atomic E-state index is -0.222. The number of halogens is 1. The minimum absolute atomic E-state index is 0.222. The highest BCUT2D eigenvalue weighted by Gasteiger charge is 2.05. The molecule has 25 heavy (non-hydrogen) atoms. The summed E-state index contributed by atoms with van der Waals surface area (Å²) in [5.41, 5.74) is 4.77. The van der Waals surface area contributed by atoms with E-state index in [1.165, 1.54) is 34.2 Å². The van der Waals surface area contributed by atoms with Crippen LogP contribution in [0.2, 0.25) is 0 Å². The fourth-order valence-electron chi connectivity index (χ4n) is 2.90. The predicted octanol–water partition coefficient (Wildman–Crippen LogP) is 3.52. The Morgan fingerprint density at radius 1 is 1.12 bits per heavy atom. The van der Waals surface area contributed by atoms with E-state index in [0.29, 0.717) is 6.54 Å². The number of nitrogens with one attached hydrogen (secondary N) is 3. The van der Waals surface area contributed by atoms with Crippen LogP contribution in [0, 0.1) is 12.7 Å². The normalized spacial score (nSPS) is 11.7. The third-order valence-corrected chi connectivity index (χ3v) is 4.29. The molecular formula is C20H23FN4. The van der Waals surface area contributed by atoms with E-state index in [0.717, 1.165) is 24.5 Å². The van der Waals surface area contributed by atoms with E-state index >= 15 is 0 Å². The van der Waals surface area contributed by atoms with Crippen LogP contribution in [0.4, 0.5) is 4.39 Å². The third kappa shape index (κ3) is 4.18. The Bertz CT molecular complexity index is 865. The van der Waals surface area contributed by atoms with Crippen LogP contribution in [-0.2, 0) is 13.0 Å². The lowest BCUT2D eigenvalue weighted by molar-refractivity contribution is 0.626. The van der Waals surface area contributed by atoms with Crippen LogP contribution in [0.5, 0.6) is 0 Å². The quantitative estimate of drug-likeness (QED) is 0.492. The third-order valence-electron chi connectivity index (χ3n) is 4.29. The summed E-state index contributed by atoms with van der Waals surface area (Å²) in [5.74, 6) is 0.514. The van der Waals surface area contributed by atoms with Gasteiger partial charge >= 0.3 is 0 Å². The Labute approximate surface area is 147 Å². The van der Waals surface area contributed by atoms with E-state index in [1.807, 2.05) is 0 Å². The maximum Gasteiger partial charge on any atom is 0.191 e. The lowest BCUT2D eigenvalue weighted by atomic mass is 10.1. The van der Waals surface area contributed by atoms with Gasteiger partial charge < -0.3 is 15.6 Å². The summed E-state index contributed by atoms with van der Waals surface area (Å²) in [7, 11) is 1.75. The maximum atomic E-state index is 12.9. The van der Waals surface area contributed by atoms with Crippen LogP contribution >= 0.6 is 0 Å². The molecule has 0 unspecified atom stereocenters. The number of rotatable bonds is 5. The fraction of sp³-hybridized carbons (Fsp3) is 0.250. The van der Waals surface area contributed by atoms with Crippen molar-refractivity contribution >= 4 is 16.9 Å². The van der Waals surface area contributed by atoms with Gasteiger partial charge in [0.05, 0.1) is 0 Å². The number of para-hydroxylation sites is 1. The van der Waals surface area contributed by atoms with Gasteiger partial charge in [0.15, 0.2) is 5.96 Å². The Kier molecular flexibility index (Phi) is 5.33. The molecule has 0 aliphatic carbocycles. The molecule has 4 nitrogen and oxygen atoms in total. The van der Waals surface area contributed by atoms with E-state index < -0.39 is 0 Å². The molecule has 0 spiro atoms. The summed E-state index contributed by atoms with van der Waals surface area (Å²) in [6, 6.07) is 12.8. The Morgan fingerprint density at radius 3 is 2.68 bits per heavy atom. The van der Waals surface area contributed by atoms with Crippen molar-refractivity contribution in [1.82, 2.24) is 15.6 Å². The molecule has 1 aromatic heterocycles. The number of aromatic amines is 1. The number of benzene rings is 2. The van der Waals surface area contributed by atoms with Crippen molar-refractivity contribution in [1.29, 1.82) is 0 Å². The van der Waals surface area contributed by atoms with Crippen molar-refractivity contribution in [2.45, 2.75) is 19.9 Å². The molecule has 0 atom stereocenters. The molecule has 2 aromatic carbocycles. The number of fused-ring (bicyclic) bond motifs is 1. The van der Waals surface area contributed by atoms with Gasteiger partial charge in [0.2, 0.25) is 0 Å². The van der Waals surface area contributed by atoms with Crippen molar-refractivity contribution in [3.63, 3.8) is 0 Å². The van der Waals surface area contributed by atoms with Gasteiger partial charge in [-0.1, -0.05) is 30.3 Å². The van der Waals surface area contributed by atoms with Gasteiger partial charge in [-0.15, -0.1) is 0 Å². The Balaban J connectivity index is 1.52. The highest BCUT2D eigenvalue weighted by atomic mass is 19.1. The molecule has 0 bridgehead atoms. The summed E-state index contributed by atoms with van der Waals surface area (Å²) in [5, 5.41) is 7.83. The lowest BCUT2D eigenvalue weighted by Crippen LogP contribution is -2.37. The molecule has 0 fully saturated rings. The molecule has 0 radical (unpaired) electrons. The molecular weight excluding hydrogens is 315 g/mol. The van der Waals surface area contributed by atoms with Crippen molar-refractivity contribution in [3.8, 4) is 0 Å². The molecule has 0 aliphatic heterocycles. The molecule has 3 N–H and O–H groups in total. The van der Waals surface area contributed by atoms with Gasteiger partial charge in [-0.05, 0) is 42.2 Å². The van der Waals surface area contributed by atoms with Crippen LogP contribution < -0.4 is 10.6 Å². The van der Waals surface area contributed by atoms with Gasteiger partial charge in [-0.3, -0.25) is 4.99 Å². The smallest absolute Gasteiger partial charge is 0.191 e. The lowest BCUT2D eigenvalue weighted by Gasteiger charge is -2.12. The standard InChI is InChI=1S/C20H23FN4/c1-14-4-3-5-18-16(13-24-19(14)18)10-11-23-20(22-2)25-12-15-6-8-17(21)9-7-15/h3-9,13,24H,10-12H2,1-2H3,(H2,22,23,25). The minimum Gasteiger partial charge on any atom is -0.361 e. The number of aryl methyl sites for hydroxylation is 1. The predicted molar refractivity (Wildman–Crippen MR) is 101 cm³/mol. The Morgan fingerprint density at radius 2 is 1.92 bits per heavy atom. The number of guanidine groups is 1. The summed E-state index contributed by atoms with van der Waals surface area (Å²) in [6.07, 6.45) is 2.98. The number of hydrogen-bond donors (Lipinski definition) is 3. The van der Waals surface area contributed by atoms with Gasteiger partial charge in [0.1, 0.15) is 5.82 Å². The molecule has 0 amide bonds. The van der Waals surface area contributed by atoms with Crippen molar-refractivity contribution < 1.29 is 4.39 Å². The number of aliphatic imine (C=N–C) groups is 1. The second-order valence-corrected chi connectivity index (χ2v) is 6.04. The van der Waals surface area contributed by atoms with Gasteiger partial charge in [-0.2, -0.15) is 0 Å². The highest BCUT2D eigenvalue weighted by molar-refractivity contribution is 5.86. The van der Waals surface area contributed by atoms with E-state index in [9.17, 15) is 4.39 Å². The second-order valence-electron chi connectivity index (χ2n) is 6.04. The van der Waals surface area contributed by atoms with Gasteiger partial charge in [0, 0.05) is 37.2 Å². The zero-order chi connectivity index (χ0) is 17.6. The van der Waals surface area contributed by atoms with Crippen LogP contribution in [0.3, 0.4) is 0 Å². The molecule has 1 heterocycles. The first-order valence-electron chi connectivity index (χ1n) is 8.42. The average Bonchev–Trinajstić information content (AvgIpc) is 3.04. The maximum absolute atomic E-state index is 12.9. The van der Waals surface area contributed by atoms with Crippen LogP contribution in [0.1, 0.15) is 16.7 Å². The van der Waals surface area contributed by atoms with E-state index in [1.54, 1.807) is 19.2 Å². The summed E-state index contributed by atoms with van der Waals surface area (Å²) in [6.45, 7) is 3.50. The second kappa shape index (κ2) is 7.83. The Hall–Kier alpha value is -2.82. The molecule has 0 saturated heterocycles. The van der Waals surface area contributed by atoms with Crippen molar-refractivity contribution in [3.05, 3.63) is 71.2 Å². The van der Waals surface area contributed by atoms with Gasteiger partial charge in [-0.25, -0.2) is 4.39 Å². The highest BCUT2D eigenvalue weighted by Crippen LogP contribution is 2.21. The zero-order valence-electron chi connectivity index (χ0n) is 14.6. The zero-order valence-corrected chi connectivity index (χ0v) is 14.6. The summed E-state index contributed by atoms with van der Waals surface area (Å²) >= 11 is 0. The van der Waals surface area contributed by atoms with Crippen LogP contribution in [-0.4, -0.2) is 24.5 Å². The monoisotopic (exact) mass is 338 g/mol. The van der Waals surface area contributed by atoms with Crippen LogP contribution in [0.15, 0.2) is 53.7 Å². The molecule has 3 aromatic rings. The molecule has 130 valence electrons. The SMILES string of the molecule is CN=C(NCCc1c[nH]c2c(C)cccc12)NCc1ccc(F)cc1. The van der Waals surface area contributed by atoms with Crippen molar-refractivity contribution in [2.75, 3.05) is 13.6 Å². The first kappa shape index (κ1) is 17.0. The molecule has 0 saturated carbocycles. The van der Waals surface area contributed by atoms with Gasteiger partial charge in [0.25, 0.3) is 0 Å². The van der Waals surface area contributed by atoms with E-state index in [-0.39, 0.29) is 5.82 Å². The van der Waals surface area contributed by atoms with Crippen molar-refractivity contribution in [2.24, 2.45) is 4.99 Å². The topological polar surface area (TPSA) is 52.2 Å². The van der Waals surface area contributed by atoms with E-state index in [2.05, 4.69) is 51.9 Å². The number of nitrogens with zero attached hydrogens (tertiary/aromatic N) is 1. The van der Waals surface area contributed by atoms with E-state index in [4.69, 9.17) is 0 Å².